The largest absolute Gasteiger partial charge is 0.398 e. The molecule has 1 amide bonds. The van der Waals surface area contributed by atoms with E-state index in [1.54, 1.807) is 24.3 Å². The number of carbonyl (C=O) groups excluding carboxylic acids is 1. The lowest BCUT2D eigenvalue weighted by Crippen LogP contribution is -2.17. The molecule has 0 aliphatic heterocycles. The van der Waals surface area contributed by atoms with Gasteiger partial charge >= 0.3 is 0 Å². The van der Waals surface area contributed by atoms with Crippen LogP contribution in [0.5, 0.6) is 0 Å². The lowest BCUT2D eigenvalue weighted by atomic mass is 9.97. The Morgan fingerprint density at radius 3 is 2.47 bits per heavy atom. The predicted octanol–water partition coefficient (Wildman–Crippen LogP) is 3.38. The first-order valence-electron chi connectivity index (χ1n) is 10.1. The van der Waals surface area contributed by atoms with Crippen LogP contribution in [0.4, 0.5) is 11.4 Å². The highest BCUT2D eigenvalue weighted by Gasteiger charge is 2.15. The van der Waals surface area contributed by atoms with E-state index in [0.29, 0.717) is 22.5 Å². The van der Waals surface area contributed by atoms with Gasteiger partial charge in [0.1, 0.15) is 0 Å². The van der Waals surface area contributed by atoms with Crippen LogP contribution in [-0.2, 0) is 27.7 Å². The van der Waals surface area contributed by atoms with Gasteiger partial charge in [0.05, 0.1) is 17.0 Å². The number of amides is 1. The Balaban J connectivity index is 1.85. The summed E-state index contributed by atoms with van der Waals surface area (Å²) in [5.41, 5.74) is 10.9. The maximum Gasteiger partial charge on any atom is 0.238 e. The number of anilines is 2. The topological polar surface area (TPSA) is 139 Å². The summed E-state index contributed by atoms with van der Waals surface area (Å²) in [7, 11) is -3.90. The smallest absolute Gasteiger partial charge is 0.238 e. The summed E-state index contributed by atoms with van der Waals surface area (Å²) >= 11 is 0. The maximum atomic E-state index is 12.7. The average Bonchev–Trinajstić information content (AvgIpc) is 2.75. The molecular formula is C24H26N4O3S. The van der Waals surface area contributed by atoms with E-state index in [1.807, 2.05) is 25.1 Å². The molecule has 0 bridgehead atoms. The first-order valence-corrected chi connectivity index (χ1v) is 11.6. The molecule has 32 heavy (non-hydrogen) atoms. The van der Waals surface area contributed by atoms with Crippen molar-refractivity contribution >= 4 is 33.0 Å². The molecule has 3 aromatic rings. The summed E-state index contributed by atoms with van der Waals surface area (Å²) in [4.78, 5) is 12.6. The van der Waals surface area contributed by atoms with Gasteiger partial charge in [-0.05, 0) is 60.4 Å². The predicted molar refractivity (Wildman–Crippen MR) is 127 cm³/mol. The molecule has 6 N–H and O–H groups in total. The van der Waals surface area contributed by atoms with Gasteiger partial charge in [-0.2, -0.15) is 0 Å². The van der Waals surface area contributed by atoms with Crippen LogP contribution in [0.1, 0.15) is 34.7 Å². The number of nitrogen functional groups attached to an aromatic ring is 1. The molecule has 0 radical (unpaired) electrons. The molecule has 8 heteroatoms. The molecule has 0 saturated heterocycles. The van der Waals surface area contributed by atoms with Gasteiger partial charge in [-0.25, -0.2) is 13.6 Å². The molecule has 3 rings (SSSR count). The van der Waals surface area contributed by atoms with E-state index >= 15 is 0 Å². The van der Waals surface area contributed by atoms with Crippen LogP contribution in [0.2, 0.25) is 0 Å². The highest BCUT2D eigenvalue weighted by atomic mass is 32.2. The zero-order valence-electron chi connectivity index (χ0n) is 18.0. The van der Waals surface area contributed by atoms with Crippen LogP contribution < -0.4 is 16.2 Å². The normalized spacial score (nSPS) is 11.2. The first kappa shape index (κ1) is 23.2. The summed E-state index contributed by atoms with van der Waals surface area (Å²) in [6, 6.07) is 16.7. The number of nitrogens with one attached hydrogen (secondary N) is 2. The van der Waals surface area contributed by atoms with Crippen molar-refractivity contribution in [3.8, 4) is 0 Å². The number of carbonyl (C=O) groups is 1. The molecule has 0 saturated carbocycles. The molecule has 0 fully saturated rings. The van der Waals surface area contributed by atoms with Crippen molar-refractivity contribution in [2.45, 2.75) is 31.6 Å². The van der Waals surface area contributed by atoms with E-state index < -0.39 is 10.0 Å². The van der Waals surface area contributed by atoms with Crippen molar-refractivity contribution < 1.29 is 13.2 Å². The van der Waals surface area contributed by atoms with Crippen molar-refractivity contribution in [3.05, 3.63) is 88.5 Å². The molecule has 0 aromatic heterocycles. The minimum absolute atomic E-state index is 0.0243. The number of rotatable bonds is 7. The maximum absolute atomic E-state index is 12.7. The highest BCUT2D eigenvalue weighted by molar-refractivity contribution is 7.89. The van der Waals surface area contributed by atoms with Gasteiger partial charge in [0.25, 0.3) is 0 Å². The molecule has 3 aromatic carbocycles. The molecule has 0 spiro atoms. The van der Waals surface area contributed by atoms with Crippen LogP contribution in [-0.4, -0.2) is 20.0 Å². The SMILES string of the molecule is CCc1cccc(C)c1CC(=O)Nc1ccc(N)c(C(=N)c2cccc(S(N)(=O)=O)c2)c1. The number of hydrogen-bond acceptors (Lipinski definition) is 5. The van der Waals surface area contributed by atoms with Crippen molar-refractivity contribution in [3.63, 3.8) is 0 Å². The summed E-state index contributed by atoms with van der Waals surface area (Å²) in [5, 5.41) is 16.6. The van der Waals surface area contributed by atoms with Crippen LogP contribution in [0, 0.1) is 12.3 Å². The Morgan fingerprint density at radius 1 is 1.06 bits per heavy atom. The van der Waals surface area contributed by atoms with E-state index in [-0.39, 0.29) is 22.9 Å². The summed E-state index contributed by atoms with van der Waals surface area (Å²) < 4.78 is 23.3. The fraction of sp³-hybridized carbons (Fsp3) is 0.167. The second-order valence-corrected chi connectivity index (χ2v) is 9.10. The summed E-state index contributed by atoms with van der Waals surface area (Å²) in [6.45, 7) is 4.04. The molecule has 7 nitrogen and oxygen atoms in total. The van der Waals surface area contributed by atoms with E-state index in [9.17, 15) is 13.2 Å². The molecule has 166 valence electrons. The summed E-state index contributed by atoms with van der Waals surface area (Å²) in [6.07, 6.45) is 1.08. The van der Waals surface area contributed by atoms with E-state index in [4.69, 9.17) is 16.3 Å². The van der Waals surface area contributed by atoms with E-state index in [0.717, 1.165) is 23.1 Å². The fourth-order valence-corrected chi connectivity index (χ4v) is 4.11. The second-order valence-electron chi connectivity index (χ2n) is 7.54. The number of hydrogen-bond donors (Lipinski definition) is 4. The average molecular weight is 451 g/mol. The zero-order valence-corrected chi connectivity index (χ0v) is 18.8. The highest BCUT2D eigenvalue weighted by Crippen LogP contribution is 2.23. The van der Waals surface area contributed by atoms with Gasteiger partial charge in [0, 0.05) is 22.5 Å². The van der Waals surface area contributed by atoms with E-state index in [2.05, 4.69) is 12.2 Å². The van der Waals surface area contributed by atoms with E-state index in [1.165, 1.54) is 18.2 Å². The molecule has 0 aliphatic carbocycles. The van der Waals surface area contributed by atoms with Crippen LogP contribution in [0.15, 0.2) is 65.6 Å². The summed E-state index contributed by atoms with van der Waals surface area (Å²) in [5.74, 6) is -0.174. The molecular weight excluding hydrogens is 424 g/mol. The standard InChI is InChI=1S/C24H26N4O3S/c1-3-16-7-4-6-15(2)20(16)14-23(29)28-18-10-11-22(25)21(13-18)24(26)17-8-5-9-19(12-17)32(27,30)31/h4-13,26H,3,14,25H2,1-2H3,(H,28,29)(H2,27,30,31). The minimum atomic E-state index is -3.90. The first-order chi connectivity index (χ1) is 15.1. The van der Waals surface area contributed by atoms with Crippen molar-refractivity contribution in [2.24, 2.45) is 5.14 Å². The van der Waals surface area contributed by atoms with Crippen LogP contribution in [0.25, 0.3) is 0 Å². The quantitative estimate of drug-likeness (QED) is 0.324. The lowest BCUT2D eigenvalue weighted by Gasteiger charge is -2.14. The molecule has 0 aliphatic rings. The minimum Gasteiger partial charge on any atom is -0.398 e. The van der Waals surface area contributed by atoms with Gasteiger partial charge < -0.3 is 11.1 Å². The van der Waals surface area contributed by atoms with Crippen LogP contribution in [0.3, 0.4) is 0 Å². The Kier molecular flexibility index (Phi) is 6.76. The Bertz CT molecular complexity index is 1300. The van der Waals surface area contributed by atoms with Gasteiger partial charge in [0.2, 0.25) is 15.9 Å². The molecule has 0 atom stereocenters. The number of aryl methyl sites for hydroxylation is 2. The van der Waals surface area contributed by atoms with Gasteiger partial charge in [-0.1, -0.05) is 37.3 Å². The zero-order chi connectivity index (χ0) is 23.5. The monoisotopic (exact) mass is 450 g/mol. The number of nitrogens with two attached hydrogens (primary N) is 2. The van der Waals surface area contributed by atoms with Gasteiger partial charge in [-0.15, -0.1) is 0 Å². The Labute approximate surface area is 188 Å². The van der Waals surface area contributed by atoms with Crippen LogP contribution >= 0.6 is 0 Å². The van der Waals surface area contributed by atoms with Gasteiger partial charge in [-0.3, -0.25) is 10.2 Å². The Morgan fingerprint density at radius 2 is 1.78 bits per heavy atom. The number of sulfonamides is 1. The molecule has 0 heterocycles. The van der Waals surface area contributed by atoms with Crippen molar-refractivity contribution in [2.75, 3.05) is 11.1 Å². The van der Waals surface area contributed by atoms with Crippen molar-refractivity contribution in [1.29, 1.82) is 5.41 Å². The lowest BCUT2D eigenvalue weighted by molar-refractivity contribution is -0.115. The molecule has 0 unspecified atom stereocenters. The number of primary sulfonamides is 1. The third-order valence-electron chi connectivity index (χ3n) is 5.28. The Hall–Kier alpha value is -3.49. The fourth-order valence-electron chi connectivity index (χ4n) is 3.55. The van der Waals surface area contributed by atoms with Gasteiger partial charge in [0.15, 0.2) is 0 Å². The third-order valence-corrected chi connectivity index (χ3v) is 6.19. The third kappa shape index (κ3) is 5.22. The van der Waals surface area contributed by atoms with Crippen molar-refractivity contribution in [1.82, 2.24) is 0 Å². The number of benzene rings is 3. The second kappa shape index (κ2) is 9.33.